The summed E-state index contributed by atoms with van der Waals surface area (Å²) in [6, 6.07) is 13.4. The Labute approximate surface area is 193 Å². The Morgan fingerprint density at radius 3 is 1.41 bits per heavy atom. The number of allylic oxidation sites excluding steroid dienone is 2. The molecule has 0 aliphatic rings. The molecule has 0 saturated carbocycles. The van der Waals surface area contributed by atoms with Crippen LogP contribution in [0.15, 0.2) is 60.7 Å². The molecule has 0 N–H and O–H groups in total. The van der Waals surface area contributed by atoms with Gasteiger partial charge in [0.1, 0.15) is 11.5 Å². The van der Waals surface area contributed by atoms with Gasteiger partial charge in [0.05, 0.1) is 13.2 Å². The predicted molar refractivity (Wildman–Crippen MR) is 139 cm³/mol. The molecule has 3 aromatic rings. The molecule has 3 aromatic carbocycles. The zero-order valence-electron chi connectivity index (χ0n) is 20.2. The van der Waals surface area contributed by atoms with E-state index in [0.717, 1.165) is 71.6 Å². The van der Waals surface area contributed by atoms with E-state index in [1.54, 1.807) is 0 Å². The van der Waals surface area contributed by atoms with Gasteiger partial charge in [-0.1, -0.05) is 76.3 Å². The lowest BCUT2D eigenvalue weighted by molar-refractivity contribution is 0.327. The van der Waals surface area contributed by atoms with E-state index < -0.39 is 0 Å². The van der Waals surface area contributed by atoms with E-state index >= 15 is 0 Å². The second-order valence-corrected chi connectivity index (χ2v) is 8.16. The highest BCUT2D eigenvalue weighted by atomic mass is 16.5. The summed E-state index contributed by atoms with van der Waals surface area (Å²) in [5, 5.41) is 4.59. The Kier molecular flexibility index (Phi) is 9.22. The molecule has 32 heavy (non-hydrogen) atoms. The van der Waals surface area contributed by atoms with Crippen molar-refractivity contribution in [2.45, 2.75) is 66.2 Å². The second kappa shape index (κ2) is 12.3. The van der Waals surface area contributed by atoms with Crippen molar-refractivity contribution in [1.29, 1.82) is 0 Å². The van der Waals surface area contributed by atoms with Crippen molar-refractivity contribution in [1.82, 2.24) is 0 Å². The topological polar surface area (TPSA) is 18.5 Å². The van der Waals surface area contributed by atoms with Crippen LogP contribution >= 0.6 is 0 Å². The molecule has 0 radical (unpaired) electrons. The van der Waals surface area contributed by atoms with E-state index in [1.807, 2.05) is 0 Å². The van der Waals surface area contributed by atoms with Gasteiger partial charge in [-0.15, -0.1) is 0 Å². The van der Waals surface area contributed by atoms with Gasteiger partial charge in [-0.2, -0.15) is 0 Å². The summed E-state index contributed by atoms with van der Waals surface area (Å²) in [5.74, 6) is 1.96. The van der Waals surface area contributed by atoms with E-state index in [4.69, 9.17) is 9.47 Å². The van der Waals surface area contributed by atoms with Crippen LogP contribution in [0.5, 0.6) is 11.5 Å². The van der Waals surface area contributed by atoms with Gasteiger partial charge in [0, 0.05) is 21.5 Å². The van der Waals surface area contributed by atoms with Gasteiger partial charge >= 0.3 is 0 Å². The maximum Gasteiger partial charge on any atom is 0.135 e. The Morgan fingerprint density at radius 1 is 0.562 bits per heavy atom. The molecule has 0 aromatic heterocycles. The van der Waals surface area contributed by atoms with Crippen LogP contribution in [0.2, 0.25) is 0 Å². The smallest absolute Gasteiger partial charge is 0.135 e. The monoisotopic (exact) mass is 430 g/mol. The minimum atomic E-state index is 0.674. The molecule has 0 spiro atoms. The van der Waals surface area contributed by atoms with Gasteiger partial charge in [-0.05, 0) is 61.8 Å². The summed E-state index contributed by atoms with van der Waals surface area (Å²) in [7, 11) is 0. The van der Waals surface area contributed by atoms with Crippen LogP contribution in [0.1, 0.15) is 64.5 Å². The molecule has 0 amide bonds. The van der Waals surface area contributed by atoms with Crippen molar-refractivity contribution in [3.8, 4) is 11.5 Å². The lowest BCUT2D eigenvalue weighted by Crippen LogP contribution is -2.02. The third kappa shape index (κ3) is 5.73. The molecule has 0 heterocycles. The SMILES string of the molecule is CC/C=C/CCOc1c2ccc(CC)cc2c(OCC/C=C/CC)c2cc(CC)ccc12. The number of hydrogen-bond donors (Lipinski definition) is 0. The maximum atomic E-state index is 6.47. The van der Waals surface area contributed by atoms with Crippen LogP contribution in [-0.4, -0.2) is 13.2 Å². The Balaban J connectivity index is 2.13. The highest BCUT2D eigenvalue weighted by molar-refractivity contribution is 6.11. The quantitative estimate of drug-likeness (QED) is 0.163. The molecule has 0 saturated heterocycles. The van der Waals surface area contributed by atoms with Gasteiger partial charge in [0.25, 0.3) is 0 Å². The lowest BCUT2D eigenvalue weighted by atomic mass is 9.96. The minimum absolute atomic E-state index is 0.674. The summed E-state index contributed by atoms with van der Waals surface area (Å²) in [6.45, 7) is 10.1. The summed E-state index contributed by atoms with van der Waals surface area (Å²) in [4.78, 5) is 0. The summed E-state index contributed by atoms with van der Waals surface area (Å²) in [5.41, 5.74) is 2.63. The summed E-state index contributed by atoms with van der Waals surface area (Å²) < 4.78 is 12.9. The maximum absolute atomic E-state index is 6.47. The van der Waals surface area contributed by atoms with Gasteiger partial charge in [0.2, 0.25) is 0 Å². The normalized spacial score (nSPS) is 11.9. The molecular weight excluding hydrogens is 392 g/mol. The van der Waals surface area contributed by atoms with Crippen molar-refractivity contribution in [3.05, 3.63) is 71.8 Å². The average molecular weight is 431 g/mol. The minimum Gasteiger partial charge on any atom is -0.492 e. The number of fused-ring (bicyclic) bond motifs is 2. The van der Waals surface area contributed by atoms with Gasteiger partial charge in [-0.25, -0.2) is 0 Å². The summed E-state index contributed by atoms with van der Waals surface area (Å²) in [6.07, 6.45) is 14.8. The first kappa shape index (κ1) is 23.9. The van der Waals surface area contributed by atoms with Crippen LogP contribution in [0.25, 0.3) is 21.5 Å². The van der Waals surface area contributed by atoms with Crippen LogP contribution in [0, 0.1) is 0 Å². The largest absolute Gasteiger partial charge is 0.492 e. The van der Waals surface area contributed by atoms with E-state index in [9.17, 15) is 0 Å². The molecule has 3 rings (SSSR count). The first-order valence-corrected chi connectivity index (χ1v) is 12.3. The highest BCUT2D eigenvalue weighted by Crippen LogP contribution is 2.43. The number of aryl methyl sites for hydroxylation is 2. The van der Waals surface area contributed by atoms with Crippen molar-refractivity contribution in [2.75, 3.05) is 13.2 Å². The van der Waals surface area contributed by atoms with E-state index in [-0.39, 0.29) is 0 Å². The Bertz CT molecular complexity index is 1010. The van der Waals surface area contributed by atoms with E-state index in [0.29, 0.717) is 13.2 Å². The van der Waals surface area contributed by atoms with Gasteiger partial charge in [0.15, 0.2) is 0 Å². The molecule has 170 valence electrons. The standard InChI is InChI=1S/C30H38O2/c1-5-9-11-13-19-31-29-25-17-15-23(7-3)21-27(25)30(32-20-14-12-10-6-2)28-22-24(8-4)16-18-26(28)29/h9-12,15-18,21-22H,5-8,13-14,19-20H2,1-4H3/b11-9+,12-10+. The number of rotatable bonds is 12. The van der Waals surface area contributed by atoms with E-state index in [1.165, 1.54) is 11.1 Å². The van der Waals surface area contributed by atoms with Crippen LogP contribution in [0.3, 0.4) is 0 Å². The first-order chi connectivity index (χ1) is 15.7. The molecule has 0 bridgehead atoms. The first-order valence-electron chi connectivity index (χ1n) is 12.3. The lowest BCUT2D eigenvalue weighted by Gasteiger charge is -2.19. The number of hydrogen-bond acceptors (Lipinski definition) is 2. The van der Waals surface area contributed by atoms with Crippen LogP contribution in [-0.2, 0) is 12.8 Å². The van der Waals surface area contributed by atoms with E-state index in [2.05, 4.69) is 88.4 Å². The summed E-state index contributed by atoms with van der Waals surface area (Å²) >= 11 is 0. The van der Waals surface area contributed by atoms with Crippen molar-refractivity contribution in [3.63, 3.8) is 0 Å². The third-order valence-corrected chi connectivity index (χ3v) is 5.83. The van der Waals surface area contributed by atoms with Crippen LogP contribution in [0.4, 0.5) is 0 Å². The molecule has 2 nitrogen and oxygen atoms in total. The Morgan fingerprint density at radius 2 is 1.00 bits per heavy atom. The number of ether oxygens (including phenoxy) is 2. The highest BCUT2D eigenvalue weighted by Gasteiger charge is 2.17. The predicted octanol–water partition coefficient (Wildman–Crippen LogP) is 8.59. The molecule has 0 fully saturated rings. The molecule has 0 atom stereocenters. The average Bonchev–Trinajstić information content (AvgIpc) is 2.83. The van der Waals surface area contributed by atoms with Crippen LogP contribution < -0.4 is 9.47 Å². The fourth-order valence-electron chi connectivity index (χ4n) is 4.02. The fraction of sp³-hybridized carbons (Fsp3) is 0.400. The third-order valence-electron chi connectivity index (χ3n) is 5.83. The molecule has 0 aliphatic heterocycles. The molecule has 0 aliphatic carbocycles. The van der Waals surface area contributed by atoms with Gasteiger partial charge in [-0.3, -0.25) is 0 Å². The second-order valence-electron chi connectivity index (χ2n) is 8.16. The van der Waals surface area contributed by atoms with Gasteiger partial charge < -0.3 is 9.47 Å². The molecule has 2 heteroatoms. The zero-order chi connectivity index (χ0) is 22.8. The van der Waals surface area contributed by atoms with Crippen molar-refractivity contribution in [2.24, 2.45) is 0 Å². The zero-order valence-corrected chi connectivity index (χ0v) is 20.2. The molecular formula is C30H38O2. The number of benzene rings is 3. The Hall–Kier alpha value is -2.74. The fourth-order valence-corrected chi connectivity index (χ4v) is 4.02. The van der Waals surface area contributed by atoms with Crippen molar-refractivity contribution < 1.29 is 9.47 Å². The molecule has 0 unspecified atom stereocenters. The van der Waals surface area contributed by atoms with Crippen molar-refractivity contribution >= 4 is 21.5 Å².